The molecule has 7 nitrogen and oxygen atoms in total. The van der Waals surface area contributed by atoms with Gasteiger partial charge in [-0.15, -0.1) is 11.3 Å². The highest BCUT2D eigenvalue weighted by Crippen LogP contribution is 2.23. The first kappa shape index (κ1) is 17.4. The minimum absolute atomic E-state index is 0.207. The summed E-state index contributed by atoms with van der Waals surface area (Å²) >= 11 is 1.59. The Morgan fingerprint density at radius 2 is 1.96 bits per heavy atom. The lowest BCUT2D eigenvalue weighted by molar-refractivity contribution is 0.366. The first-order valence-electron chi connectivity index (χ1n) is 8.64. The van der Waals surface area contributed by atoms with E-state index in [0.29, 0.717) is 23.5 Å². The maximum atomic E-state index is 12.3. The van der Waals surface area contributed by atoms with Crippen LogP contribution in [0.25, 0.3) is 21.6 Å². The Labute approximate surface area is 160 Å². The number of nitrogens with one attached hydrogen (secondary N) is 2. The standard InChI is InChI=1S/C19H20N6OS/c1-19(2,3)25-15-14(10-21-25)16(26)24-18(23-15)20-9-13-11-27-17(22-13)12-7-5-4-6-8-12/h4-8,10-11H,9H2,1-3H3,(H2,20,23,24,26). The number of anilines is 1. The third kappa shape index (κ3) is 3.48. The van der Waals surface area contributed by atoms with Crippen molar-refractivity contribution in [1.29, 1.82) is 0 Å². The third-order valence-electron chi connectivity index (χ3n) is 4.08. The van der Waals surface area contributed by atoms with E-state index in [-0.39, 0.29) is 11.1 Å². The smallest absolute Gasteiger partial charge is 0.263 e. The molecular formula is C19H20N6OS. The molecule has 4 aromatic rings. The number of rotatable bonds is 4. The van der Waals surface area contributed by atoms with Crippen molar-refractivity contribution in [3.05, 3.63) is 58.0 Å². The normalized spacial score (nSPS) is 11.8. The number of aromatic amines is 1. The lowest BCUT2D eigenvalue weighted by Crippen LogP contribution is -2.24. The average molecular weight is 380 g/mol. The maximum absolute atomic E-state index is 12.3. The highest BCUT2D eigenvalue weighted by atomic mass is 32.1. The van der Waals surface area contributed by atoms with Crippen LogP contribution in [0, 0.1) is 0 Å². The molecule has 1 aromatic carbocycles. The fraction of sp³-hybridized carbons (Fsp3) is 0.263. The van der Waals surface area contributed by atoms with Gasteiger partial charge in [-0.25, -0.2) is 9.67 Å². The molecule has 0 unspecified atom stereocenters. The molecule has 0 aliphatic rings. The van der Waals surface area contributed by atoms with E-state index < -0.39 is 0 Å². The first-order valence-corrected chi connectivity index (χ1v) is 9.52. The minimum atomic E-state index is -0.265. The molecule has 3 aromatic heterocycles. The van der Waals surface area contributed by atoms with Crippen LogP contribution in [0.15, 0.2) is 46.7 Å². The predicted octanol–water partition coefficient (Wildman–Crippen LogP) is 3.61. The van der Waals surface area contributed by atoms with Crippen molar-refractivity contribution in [3.63, 3.8) is 0 Å². The Morgan fingerprint density at radius 1 is 1.19 bits per heavy atom. The second-order valence-corrected chi connectivity index (χ2v) is 8.10. The molecule has 0 fully saturated rings. The van der Waals surface area contributed by atoms with E-state index in [4.69, 9.17) is 0 Å². The van der Waals surface area contributed by atoms with Crippen molar-refractivity contribution in [1.82, 2.24) is 24.7 Å². The van der Waals surface area contributed by atoms with Gasteiger partial charge in [-0.1, -0.05) is 30.3 Å². The van der Waals surface area contributed by atoms with Crippen LogP contribution in [0.3, 0.4) is 0 Å². The number of benzene rings is 1. The summed E-state index contributed by atoms with van der Waals surface area (Å²) in [6.45, 7) is 6.54. The molecule has 0 saturated heterocycles. The molecule has 4 rings (SSSR count). The van der Waals surface area contributed by atoms with E-state index in [1.165, 1.54) is 0 Å². The van der Waals surface area contributed by atoms with Gasteiger partial charge in [-0.3, -0.25) is 9.78 Å². The number of thiazole rings is 1. The zero-order valence-electron chi connectivity index (χ0n) is 15.4. The van der Waals surface area contributed by atoms with Gasteiger partial charge in [0, 0.05) is 10.9 Å². The molecule has 0 radical (unpaired) electrons. The molecule has 0 bridgehead atoms. The molecule has 2 N–H and O–H groups in total. The minimum Gasteiger partial charge on any atom is -0.350 e. The lowest BCUT2D eigenvalue weighted by atomic mass is 10.1. The fourth-order valence-corrected chi connectivity index (χ4v) is 3.59. The van der Waals surface area contributed by atoms with E-state index in [0.717, 1.165) is 16.3 Å². The number of hydrogen-bond acceptors (Lipinski definition) is 6. The van der Waals surface area contributed by atoms with Gasteiger partial charge in [0.2, 0.25) is 5.95 Å². The molecule has 3 heterocycles. The van der Waals surface area contributed by atoms with Gasteiger partial charge in [-0.05, 0) is 20.8 Å². The van der Waals surface area contributed by atoms with Crippen molar-refractivity contribution in [2.24, 2.45) is 0 Å². The molecular weight excluding hydrogens is 360 g/mol. The fourth-order valence-electron chi connectivity index (χ4n) is 2.77. The van der Waals surface area contributed by atoms with Gasteiger partial charge in [0.05, 0.1) is 24.0 Å². The largest absolute Gasteiger partial charge is 0.350 e. The van der Waals surface area contributed by atoms with E-state index >= 15 is 0 Å². The van der Waals surface area contributed by atoms with Gasteiger partial charge in [-0.2, -0.15) is 10.1 Å². The molecule has 0 saturated carbocycles. The molecule has 0 atom stereocenters. The number of fused-ring (bicyclic) bond motifs is 1. The van der Waals surface area contributed by atoms with Gasteiger partial charge in [0.1, 0.15) is 10.4 Å². The van der Waals surface area contributed by atoms with Gasteiger partial charge >= 0.3 is 0 Å². The zero-order chi connectivity index (χ0) is 19.0. The van der Waals surface area contributed by atoms with Crippen LogP contribution in [0.1, 0.15) is 26.5 Å². The maximum Gasteiger partial charge on any atom is 0.263 e. The SMILES string of the molecule is CC(C)(C)n1ncc2c(=O)[nH]c(NCc3csc(-c4ccccc4)n3)nc21. The highest BCUT2D eigenvalue weighted by Gasteiger charge is 2.19. The summed E-state index contributed by atoms with van der Waals surface area (Å²) in [5, 5.41) is 10.9. The van der Waals surface area contributed by atoms with Gasteiger partial charge in [0.15, 0.2) is 5.65 Å². The lowest BCUT2D eigenvalue weighted by Gasteiger charge is -2.19. The summed E-state index contributed by atoms with van der Waals surface area (Å²) in [6.07, 6.45) is 1.56. The Bertz CT molecular complexity index is 1140. The average Bonchev–Trinajstić information content (AvgIpc) is 3.27. The third-order valence-corrected chi connectivity index (χ3v) is 5.02. The summed E-state index contributed by atoms with van der Waals surface area (Å²) in [5.41, 5.74) is 2.08. The van der Waals surface area contributed by atoms with Crippen LogP contribution < -0.4 is 10.9 Å². The molecule has 0 amide bonds. The predicted molar refractivity (Wildman–Crippen MR) is 108 cm³/mol. The molecule has 8 heteroatoms. The summed E-state index contributed by atoms with van der Waals surface area (Å²) in [4.78, 5) is 24.3. The van der Waals surface area contributed by atoms with Crippen LogP contribution in [0.4, 0.5) is 5.95 Å². The Kier molecular flexibility index (Phi) is 4.27. The first-order chi connectivity index (χ1) is 12.9. The van der Waals surface area contributed by atoms with Crippen molar-refractivity contribution in [2.75, 3.05) is 5.32 Å². The summed E-state index contributed by atoms with van der Waals surface area (Å²) in [5.74, 6) is 0.410. The van der Waals surface area contributed by atoms with Crippen molar-refractivity contribution in [2.45, 2.75) is 32.9 Å². The Balaban J connectivity index is 1.58. The summed E-state index contributed by atoms with van der Waals surface area (Å²) in [6, 6.07) is 10.1. The molecule has 0 spiro atoms. The van der Waals surface area contributed by atoms with E-state index in [1.54, 1.807) is 22.2 Å². The summed E-state index contributed by atoms with van der Waals surface area (Å²) < 4.78 is 1.76. The van der Waals surface area contributed by atoms with Crippen LogP contribution >= 0.6 is 11.3 Å². The van der Waals surface area contributed by atoms with E-state index in [9.17, 15) is 4.79 Å². The molecule has 138 valence electrons. The highest BCUT2D eigenvalue weighted by molar-refractivity contribution is 7.13. The van der Waals surface area contributed by atoms with Crippen molar-refractivity contribution < 1.29 is 0 Å². The van der Waals surface area contributed by atoms with Crippen LogP contribution in [0.2, 0.25) is 0 Å². The number of H-pyrrole nitrogens is 1. The number of nitrogens with zero attached hydrogens (tertiary/aromatic N) is 4. The molecule has 0 aliphatic heterocycles. The van der Waals surface area contributed by atoms with Crippen LogP contribution in [-0.2, 0) is 12.1 Å². The summed E-state index contributed by atoms with van der Waals surface area (Å²) in [7, 11) is 0. The quantitative estimate of drug-likeness (QED) is 0.565. The second kappa shape index (κ2) is 6.62. The van der Waals surface area contributed by atoms with Crippen LogP contribution in [0.5, 0.6) is 0 Å². The van der Waals surface area contributed by atoms with Crippen molar-refractivity contribution in [3.8, 4) is 10.6 Å². The number of aromatic nitrogens is 5. The number of hydrogen-bond donors (Lipinski definition) is 2. The monoisotopic (exact) mass is 380 g/mol. The molecule has 27 heavy (non-hydrogen) atoms. The van der Waals surface area contributed by atoms with Gasteiger partial charge in [0.25, 0.3) is 5.56 Å². The van der Waals surface area contributed by atoms with Crippen LogP contribution in [-0.4, -0.2) is 24.7 Å². The molecule has 0 aliphatic carbocycles. The second-order valence-electron chi connectivity index (χ2n) is 7.24. The van der Waals surface area contributed by atoms with E-state index in [2.05, 4.69) is 25.4 Å². The Hall–Kier alpha value is -3.00. The Morgan fingerprint density at radius 3 is 2.70 bits per heavy atom. The van der Waals surface area contributed by atoms with E-state index in [1.807, 2.05) is 56.5 Å². The van der Waals surface area contributed by atoms with Gasteiger partial charge < -0.3 is 5.32 Å². The zero-order valence-corrected chi connectivity index (χ0v) is 16.2. The topological polar surface area (TPSA) is 88.5 Å². The van der Waals surface area contributed by atoms with Crippen molar-refractivity contribution >= 4 is 28.3 Å².